The van der Waals surface area contributed by atoms with Crippen LogP contribution < -0.4 is 5.32 Å². The molecule has 0 amide bonds. The van der Waals surface area contributed by atoms with E-state index in [0.29, 0.717) is 6.04 Å². The van der Waals surface area contributed by atoms with E-state index in [2.05, 4.69) is 47.5 Å². The summed E-state index contributed by atoms with van der Waals surface area (Å²) in [5.74, 6) is 0. The van der Waals surface area contributed by atoms with Gasteiger partial charge in [0.15, 0.2) is 0 Å². The van der Waals surface area contributed by atoms with E-state index in [1.807, 2.05) is 0 Å². The van der Waals surface area contributed by atoms with Gasteiger partial charge in [0.2, 0.25) is 0 Å². The van der Waals surface area contributed by atoms with E-state index in [1.54, 1.807) is 0 Å². The minimum absolute atomic E-state index is 0.666. The molecule has 2 heteroatoms. The molecular weight excluding hydrogens is 208 g/mol. The Hall–Kier alpha value is -0.860. The summed E-state index contributed by atoms with van der Waals surface area (Å²) >= 11 is 0. The second-order valence-corrected chi connectivity index (χ2v) is 5.06. The number of likely N-dealkylation sites (tertiary alicyclic amines) is 1. The molecule has 1 unspecified atom stereocenters. The molecule has 2 rings (SSSR count). The molecule has 0 spiro atoms. The van der Waals surface area contributed by atoms with Gasteiger partial charge in [0.05, 0.1) is 0 Å². The van der Waals surface area contributed by atoms with Gasteiger partial charge in [-0.15, -0.1) is 0 Å². The van der Waals surface area contributed by atoms with Gasteiger partial charge in [-0.2, -0.15) is 0 Å². The maximum atomic E-state index is 3.56. The number of benzene rings is 1. The fourth-order valence-corrected chi connectivity index (χ4v) is 2.51. The number of nitrogens with zero attached hydrogens (tertiary/aromatic N) is 1. The topological polar surface area (TPSA) is 15.3 Å². The Morgan fingerprint density at radius 2 is 1.82 bits per heavy atom. The highest BCUT2D eigenvalue weighted by atomic mass is 15.2. The molecule has 1 fully saturated rings. The third-order valence-corrected chi connectivity index (χ3v) is 3.63. The average Bonchev–Trinajstić information content (AvgIpc) is 2.41. The first-order valence-corrected chi connectivity index (χ1v) is 6.85. The van der Waals surface area contributed by atoms with Gasteiger partial charge in [0, 0.05) is 19.1 Å². The van der Waals surface area contributed by atoms with Crippen molar-refractivity contribution in [3.63, 3.8) is 0 Å². The number of hydrogen-bond acceptors (Lipinski definition) is 2. The fraction of sp³-hybridized carbons (Fsp3) is 0.600. The smallest absolute Gasteiger partial charge is 0.0206 e. The van der Waals surface area contributed by atoms with Gasteiger partial charge in [-0.1, -0.05) is 36.8 Å². The van der Waals surface area contributed by atoms with E-state index in [1.165, 1.54) is 37.9 Å². The summed E-state index contributed by atoms with van der Waals surface area (Å²) in [6.45, 7) is 6.99. The Labute approximate surface area is 105 Å². The largest absolute Gasteiger partial charge is 0.311 e. The zero-order valence-electron chi connectivity index (χ0n) is 10.9. The summed E-state index contributed by atoms with van der Waals surface area (Å²) in [4.78, 5) is 2.61. The van der Waals surface area contributed by atoms with E-state index < -0.39 is 0 Å². The zero-order chi connectivity index (χ0) is 11.9. The summed E-state index contributed by atoms with van der Waals surface area (Å²) in [5, 5.41) is 3.56. The average molecular weight is 232 g/mol. The molecule has 0 saturated carbocycles. The number of hydrogen-bond donors (Lipinski definition) is 1. The first kappa shape index (κ1) is 12.6. The maximum absolute atomic E-state index is 3.56. The van der Waals surface area contributed by atoms with Gasteiger partial charge in [0.1, 0.15) is 0 Å². The molecule has 0 aliphatic carbocycles. The van der Waals surface area contributed by atoms with Crippen LogP contribution in [0.3, 0.4) is 0 Å². The van der Waals surface area contributed by atoms with Crippen LogP contribution in [0.1, 0.15) is 31.7 Å². The summed E-state index contributed by atoms with van der Waals surface area (Å²) < 4.78 is 0. The van der Waals surface area contributed by atoms with Crippen LogP contribution in [-0.2, 0) is 6.54 Å². The SMILES string of the molecule is CC(CNCc1ccccc1)N1CCCCC1. The molecule has 1 atom stereocenters. The molecule has 0 aromatic heterocycles. The van der Waals surface area contributed by atoms with E-state index in [0.717, 1.165) is 13.1 Å². The Morgan fingerprint density at radius 1 is 1.12 bits per heavy atom. The predicted octanol–water partition coefficient (Wildman–Crippen LogP) is 2.65. The number of rotatable bonds is 5. The van der Waals surface area contributed by atoms with E-state index in [4.69, 9.17) is 0 Å². The van der Waals surface area contributed by atoms with Crippen LogP contribution >= 0.6 is 0 Å². The number of nitrogens with one attached hydrogen (secondary N) is 1. The van der Waals surface area contributed by atoms with Crippen LogP contribution in [-0.4, -0.2) is 30.6 Å². The van der Waals surface area contributed by atoms with Crippen LogP contribution in [0.25, 0.3) is 0 Å². The van der Waals surface area contributed by atoms with Crippen LogP contribution in [0.2, 0.25) is 0 Å². The Morgan fingerprint density at radius 3 is 2.53 bits per heavy atom. The Bertz CT molecular complexity index is 304. The summed E-state index contributed by atoms with van der Waals surface area (Å²) in [7, 11) is 0. The predicted molar refractivity (Wildman–Crippen MR) is 73.0 cm³/mol. The Kier molecular flexibility index (Phi) is 5.02. The van der Waals surface area contributed by atoms with Crippen LogP contribution in [0, 0.1) is 0 Å². The lowest BCUT2D eigenvalue weighted by atomic mass is 10.1. The monoisotopic (exact) mass is 232 g/mol. The maximum Gasteiger partial charge on any atom is 0.0206 e. The lowest BCUT2D eigenvalue weighted by Crippen LogP contribution is -2.42. The Balaban J connectivity index is 1.67. The molecule has 2 nitrogen and oxygen atoms in total. The molecule has 1 aliphatic rings. The molecule has 0 bridgehead atoms. The van der Waals surface area contributed by atoms with E-state index >= 15 is 0 Å². The van der Waals surface area contributed by atoms with Crippen LogP contribution in [0.4, 0.5) is 0 Å². The summed E-state index contributed by atoms with van der Waals surface area (Å²) in [6, 6.07) is 11.3. The van der Waals surface area contributed by atoms with Gasteiger partial charge in [0.25, 0.3) is 0 Å². The van der Waals surface area contributed by atoms with Gasteiger partial charge >= 0.3 is 0 Å². The second kappa shape index (κ2) is 6.77. The number of piperidine rings is 1. The molecule has 1 aromatic carbocycles. The second-order valence-electron chi connectivity index (χ2n) is 5.06. The summed E-state index contributed by atoms with van der Waals surface area (Å²) in [5.41, 5.74) is 1.37. The van der Waals surface area contributed by atoms with Crippen molar-refractivity contribution in [2.24, 2.45) is 0 Å². The lowest BCUT2D eigenvalue weighted by Gasteiger charge is -2.32. The quantitative estimate of drug-likeness (QED) is 0.839. The van der Waals surface area contributed by atoms with Crippen LogP contribution in [0.15, 0.2) is 30.3 Å². The van der Waals surface area contributed by atoms with Crippen molar-refractivity contribution >= 4 is 0 Å². The lowest BCUT2D eigenvalue weighted by molar-refractivity contribution is 0.170. The van der Waals surface area contributed by atoms with Gasteiger partial charge in [-0.05, 0) is 38.4 Å². The highest BCUT2D eigenvalue weighted by Gasteiger charge is 2.15. The molecule has 1 aromatic rings. The minimum atomic E-state index is 0.666. The fourth-order valence-electron chi connectivity index (χ4n) is 2.51. The minimum Gasteiger partial charge on any atom is -0.311 e. The van der Waals surface area contributed by atoms with Crippen molar-refractivity contribution in [2.45, 2.75) is 38.8 Å². The van der Waals surface area contributed by atoms with Crippen molar-refractivity contribution < 1.29 is 0 Å². The molecule has 1 saturated heterocycles. The normalized spacial score (nSPS) is 19.1. The standard InChI is InChI=1S/C15H24N2/c1-14(17-10-6-3-7-11-17)12-16-13-15-8-4-2-5-9-15/h2,4-5,8-9,14,16H,3,6-7,10-13H2,1H3. The summed E-state index contributed by atoms with van der Waals surface area (Å²) in [6.07, 6.45) is 4.17. The molecule has 0 radical (unpaired) electrons. The van der Waals surface area contributed by atoms with Gasteiger partial charge < -0.3 is 5.32 Å². The van der Waals surface area contributed by atoms with Crippen molar-refractivity contribution in [2.75, 3.05) is 19.6 Å². The third kappa shape index (κ3) is 4.14. The highest BCUT2D eigenvalue weighted by molar-refractivity contribution is 5.14. The van der Waals surface area contributed by atoms with Crippen molar-refractivity contribution in [1.29, 1.82) is 0 Å². The van der Waals surface area contributed by atoms with E-state index in [-0.39, 0.29) is 0 Å². The van der Waals surface area contributed by atoms with Crippen molar-refractivity contribution in [3.05, 3.63) is 35.9 Å². The van der Waals surface area contributed by atoms with Crippen molar-refractivity contribution in [3.8, 4) is 0 Å². The molecule has 94 valence electrons. The first-order valence-electron chi connectivity index (χ1n) is 6.85. The molecule has 17 heavy (non-hydrogen) atoms. The zero-order valence-corrected chi connectivity index (χ0v) is 10.9. The highest BCUT2D eigenvalue weighted by Crippen LogP contribution is 2.11. The first-order chi connectivity index (χ1) is 8.36. The molecule has 1 N–H and O–H groups in total. The van der Waals surface area contributed by atoms with Gasteiger partial charge in [-0.25, -0.2) is 0 Å². The van der Waals surface area contributed by atoms with Crippen molar-refractivity contribution in [1.82, 2.24) is 10.2 Å². The third-order valence-electron chi connectivity index (χ3n) is 3.63. The van der Waals surface area contributed by atoms with E-state index in [9.17, 15) is 0 Å². The van der Waals surface area contributed by atoms with Crippen LogP contribution in [0.5, 0.6) is 0 Å². The molecule has 1 aliphatic heterocycles. The molecular formula is C15H24N2. The van der Waals surface area contributed by atoms with Gasteiger partial charge in [-0.3, -0.25) is 4.90 Å². The molecule has 1 heterocycles.